The molecule has 27 heavy (non-hydrogen) atoms. The highest BCUT2D eigenvalue weighted by atomic mass is 32.2. The van der Waals surface area contributed by atoms with Gasteiger partial charge in [0.15, 0.2) is 0 Å². The molecule has 3 aromatic rings. The largest absolute Gasteiger partial charge is 0.468 e. The first-order chi connectivity index (χ1) is 13.2. The van der Waals surface area contributed by atoms with E-state index in [0.29, 0.717) is 12.3 Å². The molecular formula is C22H26N2O2S. The van der Waals surface area contributed by atoms with E-state index in [4.69, 9.17) is 4.42 Å². The maximum atomic E-state index is 12.4. The van der Waals surface area contributed by atoms with E-state index in [1.165, 1.54) is 10.8 Å². The van der Waals surface area contributed by atoms with Crippen molar-refractivity contribution < 1.29 is 9.21 Å². The van der Waals surface area contributed by atoms with Gasteiger partial charge in [0.1, 0.15) is 5.76 Å². The van der Waals surface area contributed by atoms with Crippen molar-refractivity contribution in [3.8, 4) is 0 Å². The smallest absolute Gasteiger partial charge is 0.230 e. The third kappa shape index (κ3) is 5.15. The molecule has 1 unspecified atom stereocenters. The van der Waals surface area contributed by atoms with E-state index in [9.17, 15) is 4.79 Å². The number of carbonyl (C=O) groups is 1. The van der Waals surface area contributed by atoms with Gasteiger partial charge in [0.05, 0.1) is 18.1 Å². The molecule has 4 nitrogen and oxygen atoms in total. The molecule has 1 amide bonds. The fourth-order valence-corrected chi connectivity index (χ4v) is 4.00. The summed E-state index contributed by atoms with van der Waals surface area (Å²) in [6.07, 6.45) is 1.68. The van der Waals surface area contributed by atoms with Crippen LogP contribution in [0.5, 0.6) is 0 Å². The number of carbonyl (C=O) groups excluding carboxylic acids is 1. The molecule has 0 fully saturated rings. The second-order valence-electron chi connectivity index (χ2n) is 6.35. The summed E-state index contributed by atoms with van der Waals surface area (Å²) >= 11 is 1.56. The van der Waals surface area contributed by atoms with Crippen LogP contribution in [0.25, 0.3) is 10.8 Å². The van der Waals surface area contributed by atoms with Crippen LogP contribution in [0.2, 0.25) is 0 Å². The average molecular weight is 383 g/mol. The lowest BCUT2D eigenvalue weighted by molar-refractivity contribution is -0.118. The van der Waals surface area contributed by atoms with E-state index >= 15 is 0 Å². The molecule has 0 aliphatic rings. The van der Waals surface area contributed by atoms with Crippen LogP contribution in [0.15, 0.2) is 70.2 Å². The van der Waals surface area contributed by atoms with E-state index in [-0.39, 0.29) is 11.9 Å². The second-order valence-corrected chi connectivity index (χ2v) is 7.40. The van der Waals surface area contributed by atoms with Gasteiger partial charge < -0.3 is 9.73 Å². The fourth-order valence-electron chi connectivity index (χ4n) is 3.22. The quantitative estimate of drug-likeness (QED) is 0.544. The van der Waals surface area contributed by atoms with Crippen LogP contribution < -0.4 is 5.32 Å². The summed E-state index contributed by atoms with van der Waals surface area (Å²) < 4.78 is 5.58. The number of fused-ring (bicyclic) bond motifs is 1. The molecule has 3 rings (SSSR count). The normalized spacial score (nSPS) is 12.4. The first-order valence-electron chi connectivity index (χ1n) is 9.37. The van der Waals surface area contributed by atoms with E-state index in [1.807, 2.05) is 24.3 Å². The Hall–Kier alpha value is -2.24. The van der Waals surface area contributed by atoms with Gasteiger partial charge in [-0.2, -0.15) is 0 Å². The van der Waals surface area contributed by atoms with E-state index in [1.54, 1.807) is 18.0 Å². The minimum Gasteiger partial charge on any atom is -0.468 e. The van der Waals surface area contributed by atoms with E-state index < -0.39 is 0 Å². The third-order valence-corrected chi connectivity index (χ3v) is 5.70. The molecule has 0 bridgehead atoms. The molecule has 1 aromatic heterocycles. The predicted octanol–water partition coefficient (Wildman–Crippen LogP) is 4.72. The molecule has 0 aliphatic carbocycles. The Labute approximate surface area is 164 Å². The van der Waals surface area contributed by atoms with Crippen LogP contribution in [0.1, 0.15) is 25.6 Å². The summed E-state index contributed by atoms with van der Waals surface area (Å²) in [6.45, 7) is 6.60. The van der Waals surface area contributed by atoms with Crippen molar-refractivity contribution in [1.82, 2.24) is 10.2 Å². The van der Waals surface area contributed by atoms with Crippen molar-refractivity contribution in [2.24, 2.45) is 0 Å². The molecule has 1 atom stereocenters. The van der Waals surface area contributed by atoms with Gasteiger partial charge in [0, 0.05) is 11.4 Å². The minimum absolute atomic E-state index is 0.0388. The summed E-state index contributed by atoms with van der Waals surface area (Å²) in [5.41, 5.74) is 0. The zero-order chi connectivity index (χ0) is 19.1. The van der Waals surface area contributed by atoms with Crippen molar-refractivity contribution >= 4 is 28.4 Å². The van der Waals surface area contributed by atoms with Crippen LogP contribution in [0.3, 0.4) is 0 Å². The molecular weight excluding hydrogens is 356 g/mol. The predicted molar refractivity (Wildman–Crippen MR) is 112 cm³/mol. The number of nitrogens with one attached hydrogen (secondary N) is 1. The van der Waals surface area contributed by atoms with Gasteiger partial charge in [-0.05, 0) is 48.1 Å². The molecule has 0 radical (unpaired) electrons. The van der Waals surface area contributed by atoms with Crippen molar-refractivity contribution in [2.45, 2.75) is 24.8 Å². The highest BCUT2D eigenvalue weighted by molar-refractivity contribution is 8.00. The Morgan fingerprint density at radius 2 is 1.85 bits per heavy atom. The van der Waals surface area contributed by atoms with Gasteiger partial charge in [-0.3, -0.25) is 9.69 Å². The highest BCUT2D eigenvalue weighted by Gasteiger charge is 2.21. The topological polar surface area (TPSA) is 45.5 Å². The summed E-state index contributed by atoms with van der Waals surface area (Å²) in [4.78, 5) is 15.8. The van der Waals surface area contributed by atoms with Gasteiger partial charge >= 0.3 is 0 Å². The number of furan rings is 1. The molecule has 0 saturated carbocycles. The number of rotatable bonds is 9. The van der Waals surface area contributed by atoms with Crippen molar-refractivity contribution in [3.05, 3.63) is 66.6 Å². The molecule has 142 valence electrons. The molecule has 0 spiro atoms. The number of thioether (sulfide) groups is 1. The standard InChI is InChI=1S/C22H26N2O2S/c1-3-24(4-2)20(21-10-7-13-26-21)15-23-22(25)16-27-19-12-11-17-8-5-6-9-18(17)14-19/h5-14,20H,3-4,15-16H2,1-2H3,(H,23,25). The van der Waals surface area contributed by atoms with Gasteiger partial charge in [0.25, 0.3) is 0 Å². The number of hydrogen-bond acceptors (Lipinski definition) is 4. The molecule has 1 N–H and O–H groups in total. The number of likely N-dealkylation sites (N-methyl/N-ethyl adjacent to an activating group) is 1. The van der Waals surface area contributed by atoms with Gasteiger partial charge in [-0.25, -0.2) is 0 Å². The Bertz CT molecular complexity index is 860. The molecule has 1 heterocycles. The van der Waals surface area contributed by atoms with Crippen molar-refractivity contribution in [2.75, 3.05) is 25.4 Å². The SMILES string of the molecule is CCN(CC)C(CNC(=O)CSc1ccc2ccccc2c1)c1ccco1. The maximum absolute atomic E-state index is 12.4. The molecule has 0 saturated heterocycles. The van der Waals surface area contributed by atoms with Crippen molar-refractivity contribution in [3.63, 3.8) is 0 Å². The Kier molecular flexibility index (Phi) is 6.96. The van der Waals surface area contributed by atoms with Crippen LogP contribution in [0.4, 0.5) is 0 Å². The Morgan fingerprint density at radius 3 is 2.56 bits per heavy atom. The summed E-state index contributed by atoms with van der Waals surface area (Å²) in [6, 6.07) is 18.5. The Morgan fingerprint density at radius 1 is 1.07 bits per heavy atom. The van der Waals surface area contributed by atoms with Crippen LogP contribution in [0, 0.1) is 0 Å². The summed E-state index contributed by atoms with van der Waals surface area (Å²) in [5.74, 6) is 1.33. The summed E-state index contributed by atoms with van der Waals surface area (Å²) in [7, 11) is 0. The van der Waals surface area contributed by atoms with Gasteiger partial charge in [0.2, 0.25) is 5.91 Å². The second kappa shape index (κ2) is 9.62. The first kappa shape index (κ1) is 19.5. The third-order valence-electron chi connectivity index (χ3n) is 4.71. The van der Waals surface area contributed by atoms with Crippen molar-refractivity contribution in [1.29, 1.82) is 0 Å². The number of nitrogens with zero attached hydrogens (tertiary/aromatic N) is 1. The zero-order valence-electron chi connectivity index (χ0n) is 15.9. The first-order valence-corrected chi connectivity index (χ1v) is 10.4. The molecule has 5 heteroatoms. The maximum Gasteiger partial charge on any atom is 0.230 e. The zero-order valence-corrected chi connectivity index (χ0v) is 16.7. The van der Waals surface area contributed by atoms with Crippen LogP contribution in [-0.2, 0) is 4.79 Å². The van der Waals surface area contributed by atoms with E-state index in [2.05, 4.69) is 54.4 Å². The summed E-state index contributed by atoms with van der Waals surface area (Å²) in [5, 5.41) is 5.48. The number of benzene rings is 2. The van der Waals surface area contributed by atoms with E-state index in [0.717, 1.165) is 23.7 Å². The van der Waals surface area contributed by atoms with Crippen LogP contribution >= 0.6 is 11.8 Å². The lowest BCUT2D eigenvalue weighted by atomic mass is 10.1. The highest BCUT2D eigenvalue weighted by Crippen LogP contribution is 2.24. The van der Waals surface area contributed by atoms with Gasteiger partial charge in [-0.1, -0.05) is 44.2 Å². The van der Waals surface area contributed by atoms with Gasteiger partial charge in [-0.15, -0.1) is 11.8 Å². The minimum atomic E-state index is 0.0388. The monoisotopic (exact) mass is 382 g/mol. The number of amides is 1. The lowest BCUT2D eigenvalue weighted by Gasteiger charge is -2.28. The van der Waals surface area contributed by atoms with Crippen LogP contribution in [-0.4, -0.2) is 36.2 Å². The Balaban J connectivity index is 1.55. The number of hydrogen-bond donors (Lipinski definition) is 1. The molecule has 2 aromatic carbocycles. The molecule has 0 aliphatic heterocycles. The lowest BCUT2D eigenvalue weighted by Crippen LogP contribution is -2.38. The average Bonchev–Trinajstić information content (AvgIpc) is 3.24. The fraction of sp³-hybridized carbons (Fsp3) is 0.318.